The Morgan fingerprint density at radius 3 is 2.46 bits per heavy atom. The van der Waals surface area contributed by atoms with E-state index in [4.69, 9.17) is 21.3 Å². The Morgan fingerprint density at radius 1 is 0.915 bits per heavy atom. The molecule has 1 aromatic carbocycles. The number of carbonyl (C=O) groups excluding carboxylic acids is 3. The number of ether oxygens (including phenoxy) is 1. The molecule has 3 aromatic heterocycles. The van der Waals surface area contributed by atoms with Gasteiger partial charge >= 0.3 is 0 Å². The van der Waals surface area contributed by atoms with E-state index in [1.54, 1.807) is 11.1 Å². The summed E-state index contributed by atoms with van der Waals surface area (Å²) in [5, 5.41) is 15.8. The second kappa shape index (κ2) is 19.4. The molecule has 1 saturated heterocycles. The number of carbonyl (C=O) groups is 3. The second-order valence-corrected chi connectivity index (χ2v) is 18.2. The van der Waals surface area contributed by atoms with Crippen molar-refractivity contribution in [3.05, 3.63) is 80.4 Å². The van der Waals surface area contributed by atoms with Crippen LogP contribution >= 0.6 is 22.9 Å². The number of halogens is 1. The minimum atomic E-state index is -0.606. The van der Waals surface area contributed by atoms with E-state index >= 15 is 0 Å². The van der Waals surface area contributed by atoms with Crippen molar-refractivity contribution in [2.24, 2.45) is 13.0 Å². The lowest BCUT2D eigenvalue weighted by Crippen LogP contribution is -2.52. The molecule has 4 N–H and O–H groups in total. The van der Waals surface area contributed by atoms with E-state index in [0.29, 0.717) is 48.2 Å². The second-order valence-electron chi connectivity index (χ2n) is 16.8. The number of aryl methyl sites for hydroxylation is 1. The fourth-order valence-electron chi connectivity index (χ4n) is 8.70. The lowest BCUT2D eigenvalue weighted by molar-refractivity contribution is -0.136. The van der Waals surface area contributed by atoms with Crippen molar-refractivity contribution in [2.45, 2.75) is 128 Å². The van der Waals surface area contributed by atoms with Crippen molar-refractivity contribution in [3.63, 3.8) is 0 Å². The van der Waals surface area contributed by atoms with Gasteiger partial charge in [-0.1, -0.05) is 43.0 Å². The Labute approximate surface area is 356 Å². The monoisotopic (exact) mass is 840 g/mol. The summed E-state index contributed by atoms with van der Waals surface area (Å²) in [6.45, 7) is 3.64. The number of imide groups is 1. The van der Waals surface area contributed by atoms with E-state index in [1.165, 1.54) is 80.4 Å². The van der Waals surface area contributed by atoms with Crippen LogP contribution in [0.4, 0.5) is 5.95 Å². The van der Waals surface area contributed by atoms with Crippen molar-refractivity contribution in [3.8, 4) is 17.0 Å². The Hall–Kier alpha value is -4.30. The van der Waals surface area contributed by atoms with Crippen molar-refractivity contribution in [1.29, 1.82) is 0 Å². The molecule has 4 aromatic rings. The van der Waals surface area contributed by atoms with Gasteiger partial charge in [0.25, 0.3) is 5.91 Å². The SMILES string of the molecule is Cn1ccc(-c2nc(NC3CCC(NCCCCCCCNCc4ccc(OCc5scc6c5CN([C@H]5CCC(=O)NC5=O)C6=O)cc4)CC3)ncc2Cl)c1CC1CC1. The third-order valence-electron chi connectivity index (χ3n) is 12.4. The number of fused-ring (bicyclic) bond motifs is 1. The molecule has 2 aliphatic heterocycles. The summed E-state index contributed by atoms with van der Waals surface area (Å²) in [6, 6.07) is 10.7. The molecule has 0 radical (unpaired) electrons. The van der Waals surface area contributed by atoms with Gasteiger partial charge in [-0.05, 0) is 107 Å². The molecule has 59 heavy (non-hydrogen) atoms. The van der Waals surface area contributed by atoms with Gasteiger partial charge in [-0.25, -0.2) is 9.97 Å². The molecule has 8 rings (SSSR count). The normalized spacial score (nSPS) is 20.5. The van der Waals surface area contributed by atoms with E-state index in [2.05, 4.69) is 62.3 Å². The van der Waals surface area contributed by atoms with Crippen molar-refractivity contribution in [1.82, 2.24) is 35.4 Å². The third-order valence-corrected chi connectivity index (χ3v) is 13.7. The van der Waals surface area contributed by atoms with Crippen LogP contribution in [0, 0.1) is 5.92 Å². The molecule has 314 valence electrons. The van der Waals surface area contributed by atoms with Gasteiger partial charge < -0.3 is 30.2 Å². The topological polar surface area (TPSA) is 143 Å². The first-order chi connectivity index (χ1) is 28.8. The molecular weight excluding hydrogens is 784 g/mol. The number of hydrogen-bond donors (Lipinski definition) is 4. The van der Waals surface area contributed by atoms with Gasteiger partial charge in [-0.3, -0.25) is 19.7 Å². The van der Waals surface area contributed by atoms with E-state index in [1.807, 2.05) is 17.5 Å². The van der Waals surface area contributed by atoms with Crippen molar-refractivity contribution >= 4 is 46.6 Å². The minimum Gasteiger partial charge on any atom is -0.488 e. The summed E-state index contributed by atoms with van der Waals surface area (Å²) in [7, 11) is 2.11. The molecule has 4 aliphatic rings. The molecule has 0 bridgehead atoms. The average Bonchev–Trinajstić information content (AvgIpc) is 3.74. The molecule has 1 atom stereocenters. The van der Waals surface area contributed by atoms with E-state index in [9.17, 15) is 14.4 Å². The minimum absolute atomic E-state index is 0.151. The molecular formula is C45H57ClN8O4S. The smallest absolute Gasteiger partial charge is 0.256 e. The number of amides is 3. The maximum absolute atomic E-state index is 13.0. The molecule has 3 fully saturated rings. The number of nitrogens with one attached hydrogen (secondary N) is 4. The van der Waals surface area contributed by atoms with Crippen LogP contribution in [0.1, 0.15) is 116 Å². The Bertz CT molecular complexity index is 2090. The van der Waals surface area contributed by atoms with E-state index in [0.717, 1.165) is 72.3 Å². The Morgan fingerprint density at radius 2 is 1.68 bits per heavy atom. The number of hydrogen-bond acceptors (Lipinski definition) is 10. The van der Waals surface area contributed by atoms with Crippen LogP contribution in [0.3, 0.4) is 0 Å². The molecule has 2 aliphatic carbocycles. The Balaban J connectivity index is 0.653. The van der Waals surface area contributed by atoms with Crippen LogP contribution in [0.25, 0.3) is 11.3 Å². The van der Waals surface area contributed by atoms with Crippen LogP contribution in [0.5, 0.6) is 5.75 Å². The summed E-state index contributed by atoms with van der Waals surface area (Å²) < 4.78 is 8.30. The highest BCUT2D eigenvalue weighted by atomic mass is 35.5. The number of nitrogens with zero attached hydrogens (tertiary/aromatic N) is 4. The first-order valence-corrected chi connectivity index (χ1v) is 22.9. The molecule has 3 amide bonds. The summed E-state index contributed by atoms with van der Waals surface area (Å²) >= 11 is 8.13. The number of rotatable bonds is 20. The average molecular weight is 842 g/mol. The number of unbranched alkanes of at least 4 members (excludes halogenated alkanes) is 4. The number of piperidine rings is 1. The van der Waals surface area contributed by atoms with Crippen LogP contribution < -0.4 is 26.0 Å². The van der Waals surface area contributed by atoms with Crippen LogP contribution in [-0.4, -0.2) is 68.4 Å². The lowest BCUT2D eigenvalue weighted by atomic mass is 9.91. The van der Waals surface area contributed by atoms with Crippen molar-refractivity contribution < 1.29 is 19.1 Å². The molecule has 12 nitrogen and oxygen atoms in total. The third kappa shape index (κ3) is 10.5. The van der Waals surface area contributed by atoms with Crippen molar-refractivity contribution in [2.75, 3.05) is 18.4 Å². The zero-order chi connectivity index (χ0) is 40.7. The molecule has 2 saturated carbocycles. The quantitative estimate of drug-likeness (QED) is 0.0525. The maximum atomic E-state index is 13.0. The number of thiophene rings is 1. The predicted octanol–water partition coefficient (Wildman–Crippen LogP) is 7.54. The number of benzene rings is 1. The van der Waals surface area contributed by atoms with Crippen LogP contribution in [-0.2, 0) is 42.8 Å². The molecule has 5 heterocycles. The molecule has 0 spiro atoms. The van der Waals surface area contributed by atoms with Crippen LogP contribution in [0.15, 0.2) is 48.1 Å². The maximum Gasteiger partial charge on any atom is 0.256 e. The number of aromatic nitrogens is 3. The summed E-state index contributed by atoms with van der Waals surface area (Å²) in [5.41, 5.74) is 6.05. The highest BCUT2D eigenvalue weighted by molar-refractivity contribution is 7.10. The molecule has 0 unspecified atom stereocenters. The van der Waals surface area contributed by atoms with Crippen LogP contribution in [0.2, 0.25) is 5.02 Å². The zero-order valence-electron chi connectivity index (χ0n) is 34.1. The fraction of sp³-hybridized carbons (Fsp3) is 0.533. The van der Waals surface area contributed by atoms with Gasteiger partial charge in [0.2, 0.25) is 17.8 Å². The highest BCUT2D eigenvalue weighted by Crippen LogP contribution is 2.38. The van der Waals surface area contributed by atoms with Gasteiger partial charge in [0.1, 0.15) is 18.4 Å². The van der Waals surface area contributed by atoms with Gasteiger partial charge in [-0.2, -0.15) is 0 Å². The van der Waals surface area contributed by atoms with Gasteiger partial charge in [0.05, 0.1) is 22.5 Å². The number of anilines is 1. The standard InChI is InChI=1S/C45H57ClN8O4S/c1-53-22-19-34(39(53)23-29-7-8-29)42-37(46)25-49-45(52-42)50-32-13-11-31(12-14-32)48-21-6-4-2-3-5-20-47-24-30-9-15-33(16-10-30)58-27-40-35-26-54(44(57)36(35)28-59-40)38-17-18-41(55)51-43(38)56/h9-10,15-16,19,22,25,28-29,31-32,38,47-48H,2-8,11-14,17-18,20-21,23-24,26-27H2,1H3,(H,49,50,52)(H,51,55,56)/t31?,32?,38-/m0/s1. The fourth-order valence-corrected chi connectivity index (χ4v) is 9.84. The van der Waals surface area contributed by atoms with E-state index in [-0.39, 0.29) is 18.2 Å². The first-order valence-electron chi connectivity index (χ1n) is 21.6. The zero-order valence-corrected chi connectivity index (χ0v) is 35.6. The highest BCUT2D eigenvalue weighted by Gasteiger charge is 2.40. The predicted molar refractivity (Wildman–Crippen MR) is 231 cm³/mol. The Kier molecular flexibility index (Phi) is 13.6. The molecule has 14 heteroatoms. The largest absolute Gasteiger partial charge is 0.488 e. The lowest BCUT2D eigenvalue weighted by Gasteiger charge is -2.30. The van der Waals surface area contributed by atoms with E-state index < -0.39 is 11.9 Å². The summed E-state index contributed by atoms with van der Waals surface area (Å²) in [5.74, 6) is 1.42. The summed E-state index contributed by atoms with van der Waals surface area (Å²) in [6.07, 6.45) is 18.9. The van der Waals surface area contributed by atoms with Gasteiger partial charge in [-0.15, -0.1) is 11.3 Å². The van der Waals surface area contributed by atoms with Gasteiger partial charge in [0.15, 0.2) is 0 Å². The first kappa shape index (κ1) is 41.4. The summed E-state index contributed by atoms with van der Waals surface area (Å²) in [4.78, 5) is 48.9. The van der Waals surface area contributed by atoms with Gasteiger partial charge in [0, 0.05) is 71.9 Å².